The van der Waals surface area contributed by atoms with Crippen molar-refractivity contribution in [1.82, 2.24) is 9.88 Å². The van der Waals surface area contributed by atoms with E-state index in [1.165, 1.54) is 25.9 Å². The van der Waals surface area contributed by atoms with Gasteiger partial charge in [0, 0.05) is 12.6 Å². The lowest BCUT2D eigenvalue weighted by Gasteiger charge is -2.23. The van der Waals surface area contributed by atoms with Crippen LogP contribution in [-0.2, 0) is 4.79 Å². The number of hydrogen-bond acceptors (Lipinski definition) is 4. The molecule has 1 aromatic carbocycles. The van der Waals surface area contributed by atoms with E-state index in [2.05, 4.69) is 15.2 Å². The predicted molar refractivity (Wildman–Crippen MR) is 110 cm³/mol. The van der Waals surface area contributed by atoms with Gasteiger partial charge in [-0.1, -0.05) is 18.6 Å². The third kappa shape index (κ3) is 3.92. The van der Waals surface area contributed by atoms with Gasteiger partial charge in [-0.15, -0.1) is 0 Å². The maximum atomic E-state index is 13.1. The van der Waals surface area contributed by atoms with Gasteiger partial charge in [-0.3, -0.25) is 14.5 Å². The number of rotatable bonds is 6. The van der Waals surface area contributed by atoms with Crippen LogP contribution < -0.4 is 10.2 Å². The zero-order valence-electron chi connectivity index (χ0n) is 16.1. The van der Waals surface area contributed by atoms with Crippen molar-refractivity contribution >= 4 is 29.0 Å². The van der Waals surface area contributed by atoms with Crippen LogP contribution in [0.5, 0.6) is 0 Å². The van der Waals surface area contributed by atoms with Crippen LogP contribution in [0.15, 0.2) is 42.6 Å². The normalized spacial score (nSPS) is 16.3. The molecule has 1 N–H and O–H groups in total. The van der Waals surface area contributed by atoms with Crippen LogP contribution >= 0.6 is 0 Å². The van der Waals surface area contributed by atoms with Crippen LogP contribution in [0.25, 0.3) is 0 Å². The number of carbonyl (C=O) groups excluding carboxylic acids is 2. The molecule has 0 radical (unpaired) electrons. The van der Waals surface area contributed by atoms with E-state index < -0.39 is 0 Å². The summed E-state index contributed by atoms with van der Waals surface area (Å²) in [5.41, 5.74) is 1.65. The Bertz CT molecular complexity index is 861. The van der Waals surface area contributed by atoms with E-state index in [1.54, 1.807) is 29.3 Å². The van der Waals surface area contributed by atoms with Crippen LogP contribution in [0.2, 0.25) is 0 Å². The third-order valence-corrected chi connectivity index (χ3v) is 5.45. The van der Waals surface area contributed by atoms with Crippen LogP contribution in [0.1, 0.15) is 48.9 Å². The number of likely N-dealkylation sites (tertiary alicyclic amines) is 1. The summed E-state index contributed by atoms with van der Waals surface area (Å²) < 4.78 is 0. The molecule has 1 fully saturated rings. The van der Waals surface area contributed by atoms with Crippen molar-refractivity contribution in [2.45, 2.75) is 38.5 Å². The van der Waals surface area contributed by atoms with Crippen molar-refractivity contribution in [1.29, 1.82) is 0 Å². The molecular weight excluding hydrogens is 352 g/mol. The highest BCUT2D eigenvalue weighted by molar-refractivity contribution is 6.17. The molecule has 2 aromatic rings. The highest BCUT2D eigenvalue weighted by Gasteiger charge is 2.29. The van der Waals surface area contributed by atoms with Gasteiger partial charge in [-0.25, -0.2) is 4.98 Å². The highest BCUT2D eigenvalue weighted by atomic mass is 16.2. The minimum absolute atomic E-state index is 0.0231. The molecule has 2 amide bonds. The molecule has 0 aliphatic carbocycles. The Morgan fingerprint density at radius 2 is 1.86 bits per heavy atom. The second-order valence-corrected chi connectivity index (χ2v) is 7.43. The number of benzene rings is 1. The minimum atomic E-state index is -0.217. The largest absolute Gasteiger partial charge is 0.319 e. The van der Waals surface area contributed by atoms with Crippen LogP contribution in [-0.4, -0.2) is 41.3 Å². The average molecular weight is 378 g/mol. The second kappa shape index (κ2) is 8.52. The van der Waals surface area contributed by atoms with Gasteiger partial charge in [0.25, 0.3) is 5.91 Å². The number of para-hydroxylation sites is 1. The van der Waals surface area contributed by atoms with Gasteiger partial charge in [0.1, 0.15) is 0 Å². The Labute approximate surface area is 165 Å². The molecule has 3 heterocycles. The first-order valence-electron chi connectivity index (χ1n) is 10.1. The van der Waals surface area contributed by atoms with Gasteiger partial charge in [0.2, 0.25) is 5.91 Å². The molecule has 0 bridgehead atoms. The first-order chi connectivity index (χ1) is 13.7. The quantitative estimate of drug-likeness (QED) is 0.773. The number of amides is 2. The molecule has 1 aromatic heterocycles. The summed E-state index contributed by atoms with van der Waals surface area (Å²) in [6.45, 7) is 3.56. The zero-order chi connectivity index (χ0) is 19.3. The Kier molecular flexibility index (Phi) is 5.67. The Hall–Kier alpha value is -2.73. The van der Waals surface area contributed by atoms with Gasteiger partial charge >= 0.3 is 0 Å². The molecule has 2 aliphatic rings. The molecule has 0 spiro atoms. The number of anilines is 3. The smallest absolute Gasteiger partial charge is 0.257 e. The molecule has 28 heavy (non-hydrogen) atoms. The van der Waals surface area contributed by atoms with E-state index in [-0.39, 0.29) is 11.8 Å². The topological polar surface area (TPSA) is 65.5 Å². The summed E-state index contributed by atoms with van der Waals surface area (Å²) in [6.07, 6.45) is 7.71. The Morgan fingerprint density at radius 3 is 2.71 bits per heavy atom. The lowest BCUT2D eigenvalue weighted by molar-refractivity contribution is -0.118. The number of nitrogens with zero attached hydrogens (tertiary/aromatic N) is 3. The molecule has 6 nitrogen and oxygen atoms in total. The first-order valence-corrected chi connectivity index (χ1v) is 10.1. The van der Waals surface area contributed by atoms with E-state index in [9.17, 15) is 9.59 Å². The summed E-state index contributed by atoms with van der Waals surface area (Å²) >= 11 is 0. The number of unbranched alkanes of at least 4 members (excludes halogenated alkanes) is 2. The van der Waals surface area contributed by atoms with E-state index in [0.29, 0.717) is 29.2 Å². The number of hydrogen-bond donors (Lipinski definition) is 1. The lowest BCUT2D eigenvalue weighted by Crippen LogP contribution is -2.27. The standard InChI is InChI=1S/C22H26N4O2/c27-20(12-2-1-5-14-25-15-6-7-16-25)26-19-11-4-3-9-17(19)22(28)24-18-10-8-13-23-21(18)26/h3-4,8-11,13H,1-2,5-7,12,14-16H2,(H,24,28). The minimum Gasteiger partial charge on any atom is -0.319 e. The summed E-state index contributed by atoms with van der Waals surface area (Å²) in [7, 11) is 0. The Morgan fingerprint density at radius 1 is 1.04 bits per heavy atom. The first kappa shape index (κ1) is 18.6. The zero-order valence-corrected chi connectivity index (χ0v) is 16.1. The van der Waals surface area contributed by atoms with E-state index in [0.717, 1.165) is 25.8 Å². The van der Waals surface area contributed by atoms with Gasteiger partial charge in [-0.05, 0) is 69.6 Å². The fraction of sp³-hybridized carbons (Fsp3) is 0.409. The van der Waals surface area contributed by atoms with Gasteiger partial charge in [0.15, 0.2) is 5.82 Å². The van der Waals surface area contributed by atoms with Crippen molar-refractivity contribution in [3.8, 4) is 0 Å². The molecule has 2 aliphatic heterocycles. The molecule has 0 atom stereocenters. The van der Waals surface area contributed by atoms with Crippen molar-refractivity contribution in [3.05, 3.63) is 48.2 Å². The van der Waals surface area contributed by atoms with Crippen molar-refractivity contribution < 1.29 is 9.59 Å². The van der Waals surface area contributed by atoms with E-state index >= 15 is 0 Å². The van der Waals surface area contributed by atoms with E-state index in [4.69, 9.17) is 0 Å². The molecule has 0 unspecified atom stereocenters. The highest BCUT2D eigenvalue weighted by Crippen LogP contribution is 2.36. The maximum absolute atomic E-state index is 13.1. The number of pyridine rings is 1. The monoisotopic (exact) mass is 378 g/mol. The van der Waals surface area contributed by atoms with Crippen LogP contribution in [0.4, 0.5) is 17.2 Å². The van der Waals surface area contributed by atoms with Crippen molar-refractivity contribution in [2.75, 3.05) is 29.9 Å². The SMILES string of the molecule is O=C1Nc2cccnc2N(C(=O)CCCCCN2CCCC2)c2ccccc21. The summed E-state index contributed by atoms with van der Waals surface area (Å²) in [4.78, 5) is 34.2. The molecular formula is C22H26N4O2. The number of aromatic nitrogens is 1. The molecule has 6 heteroatoms. The van der Waals surface area contributed by atoms with Gasteiger partial charge in [-0.2, -0.15) is 0 Å². The number of carbonyl (C=O) groups is 2. The Balaban J connectivity index is 1.47. The summed E-state index contributed by atoms with van der Waals surface area (Å²) in [5, 5.41) is 2.87. The van der Waals surface area contributed by atoms with E-state index in [1.807, 2.05) is 18.2 Å². The van der Waals surface area contributed by atoms with Gasteiger partial charge < -0.3 is 10.2 Å². The molecule has 4 rings (SSSR count). The third-order valence-electron chi connectivity index (χ3n) is 5.45. The van der Waals surface area contributed by atoms with Crippen molar-refractivity contribution in [2.24, 2.45) is 0 Å². The molecule has 0 saturated carbocycles. The predicted octanol–water partition coefficient (Wildman–Crippen LogP) is 3.97. The number of nitrogens with one attached hydrogen (secondary N) is 1. The van der Waals surface area contributed by atoms with Crippen LogP contribution in [0.3, 0.4) is 0 Å². The summed E-state index contributed by atoms with van der Waals surface area (Å²) in [6, 6.07) is 10.7. The fourth-order valence-corrected chi connectivity index (χ4v) is 4.00. The van der Waals surface area contributed by atoms with Crippen LogP contribution in [0, 0.1) is 0 Å². The molecule has 146 valence electrons. The summed E-state index contributed by atoms with van der Waals surface area (Å²) in [5.74, 6) is 0.249. The maximum Gasteiger partial charge on any atom is 0.257 e. The van der Waals surface area contributed by atoms with Gasteiger partial charge in [0.05, 0.1) is 16.9 Å². The number of fused-ring (bicyclic) bond motifs is 2. The second-order valence-electron chi connectivity index (χ2n) is 7.43. The fourth-order valence-electron chi connectivity index (χ4n) is 4.00. The lowest BCUT2D eigenvalue weighted by atomic mass is 10.1. The average Bonchev–Trinajstić information content (AvgIpc) is 3.19. The molecule has 1 saturated heterocycles. The van der Waals surface area contributed by atoms with Crippen molar-refractivity contribution in [3.63, 3.8) is 0 Å².